The number of aromatic amines is 1. The number of carbonyl (C=O) groups excluding carboxylic acids is 3. The number of thioether (sulfide) groups is 1. The molecular weight excluding hydrogens is 362 g/mol. The van der Waals surface area contributed by atoms with E-state index in [-0.39, 0.29) is 23.9 Å². The van der Waals surface area contributed by atoms with Crippen LogP contribution in [0.3, 0.4) is 0 Å². The lowest BCUT2D eigenvalue weighted by Crippen LogP contribution is -2.16. The van der Waals surface area contributed by atoms with Crippen molar-refractivity contribution in [2.45, 2.75) is 25.7 Å². The minimum Gasteiger partial charge on any atom is -0.457 e. The number of esters is 1. The molecule has 0 aliphatic carbocycles. The third-order valence-electron chi connectivity index (χ3n) is 3.60. The van der Waals surface area contributed by atoms with E-state index in [2.05, 4.69) is 4.98 Å². The molecule has 1 N–H and O–H groups in total. The van der Waals surface area contributed by atoms with Gasteiger partial charge < -0.3 is 9.72 Å². The molecule has 25 heavy (non-hydrogen) atoms. The fraction of sp³-hybridized carbons (Fsp3) is 0.278. The number of halogens is 1. The summed E-state index contributed by atoms with van der Waals surface area (Å²) in [5.41, 5.74) is 2.04. The first kappa shape index (κ1) is 19.3. The molecule has 0 spiro atoms. The molecule has 0 saturated heterocycles. The van der Waals surface area contributed by atoms with Crippen LogP contribution in [-0.4, -0.2) is 34.9 Å². The Kier molecular flexibility index (Phi) is 6.45. The number of aryl methyl sites for hydroxylation is 1. The molecule has 132 valence electrons. The zero-order valence-electron chi connectivity index (χ0n) is 14.1. The minimum absolute atomic E-state index is 0.0936. The molecule has 0 bridgehead atoms. The lowest BCUT2D eigenvalue weighted by molar-refractivity contribution is -0.139. The van der Waals surface area contributed by atoms with Gasteiger partial charge in [0.2, 0.25) is 5.78 Å². The van der Waals surface area contributed by atoms with Gasteiger partial charge in [-0.2, -0.15) is 0 Å². The molecule has 0 fully saturated rings. The normalized spacial score (nSPS) is 10.6. The molecule has 0 aliphatic heterocycles. The Morgan fingerprint density at radius 2 is 1.80 bits per heavy atom. The van der Waals surface area contributed by atoms with Crippen molar-refractivity contribution in [1.82, 2.24) is 4.98 Å². The lowest BCUT2D eigenvalue weighted by Gasteiger charge is -2.05. The number of Topliss-reactive ketones (excluding diaryl/α,β-unsaturated/α-hetero) is 2. The van der Waals surface area contributed by atoms with Crippen LogP contribution in [0.1, 0.15) is 39.0 Å². The first-order valence-corrected chi connectivity index (χ1v) is 8.93. The van der Waals surface area contributed by atoms with Gasteiger partial charge in [-0.1, -0.05) is 11.6 Å². The van der Waals surface area contributed by atoms with Crippen molar-refractivity contribution in [1.29, 1.82) is 0 Å². The van der Waals surface area contributed by atoms with E-state index in [9.17, 15) is 14.4 Å². The molecule has 0 aliphatic rings. The van der Waals surface area contributed by atoms with Gasteiger partial charge in [0.05, 0.1) is 11.4 Å². The highest BCUT2D eigenvalue weighted by Crippen LogP contribution is 2.21. The summed E-state index contributed by atoms with van der Waals surface area (Å²) in [7, 11) is 0. The summed E-state index contributed by atoms with van der Waals surface area (Å²) in [5.74, 6) is -0.864. The zero-order valence-corrected chi connectivity index (χ0v) is 15.7. The van der Waals surface area contributed by atoms with Crippen LogP contribution in [0.15, 0.2) is 29.2 Å². The second-order valence-electron chi connectivity index (χ2n) is 5.51. The zero-order chi connectivity index (χ0) is 18.6. The average molecular weight is 380 g/mol. The summed E-state index contributed by atoms with van der Waals surface area (Å²) in [4.78, 5) is 39.4. The van der Waals surface area contributed by atoms with Crippen molar-refractivity contribution in [3.8, 4) is 0 Å². The summed E-state index contributed by atoms with van der Waals surface area (Å²) >= 11 is 7.10. The highest BCUT2D eigenvalue weighted by Gasteiger charge is 2.20. The van der Waals surface area contributed by atoms with Crippen molar-refractivity contribution in [3.05, 3.63) is 51.8 Å². The standard InChI is InChI=1S/C18H18ClNO4S/c1-10-17(12(3)21)11(2)20-18(10)15(22)8-24-16(23)9-25-14-6-4-13(19)5-7-14/h4-7,20H,8-9H2,1-3H3. The van der Waals surface area contributed by atoms with Crippen LogP contribution < -0.4 is 0 Å². The molecule has 2 aromatic rings. The van der Waals surface area contributed by atoms with Crippen molar-refractivity contribution in [3.63, 3.8) is 0 Å². The number of rotatable bonds is 7. The highest BCUT2D eigenvalue weighted by molar-refractivity contribution is 8.00. The van der Waals surface area contributed by atoms with Gasteiger partial charge in [0.15, 0.2) is 12.4 Å². The second kappa shape index (κ2) is 8.36. The number of hydrogen-bond donors (Lipinski definition) is 1. The van der Waals surface area contributed by atoms with Crippen LogP contribution in [0.25, 0.3) is 0 Å². The van der Waals surface area contributed by atoms with Gasteiger partial charge in [-0.25, -0.2) is 0 Å². The molecular formula is C18H18ClNO4S. The number of carbonyl (C=O) groups is 3. The highest BCUT2D eigenvalue weighted by atomic mass is 35.5. The van der Waals surface area contributed by atoms with E-state index in [0.29, 0.717) is 27.5 Å². The van der Waals surface area contributed by atoms with Gasteiger partial charge in [-0.15, -0.1) is 11.8 Å². The van der Waals surface area contributed by atoms with Crippen molar-refractivity contribution in [2.24, 2.45) is 0 Å². The molecule has 0 unspecified atom stereocenters. The van der Waals surface area contributed by atoms with E-state index < -0.39 is 5.97 Å². The van der Waals surface area contributed by atoms with E-state index in [1.165, 1.54) is 18.7 Å². The van der Waals surface area contributed by atoms with Crippen LogP contribution >= 0.6 is 23.4 Å². The Balaban J connectivity index is 1.89. The predicted octanol–water partition coefficient (Wildman–Crippen LogP) is 4.01. The Labute approximate surface area is 155 Å². The maximum absolute atomic E-state index is 12.2. The van der Waals surface area contributed by atoms with Gasteiger partial charge in [0, 0.05) is 21.2 Å². The maximum atomic E-state index is 12.2. The number of benzene rings is 1. The van der Waals surface area contributed by atoms with Crippen molar-refractivity contribution >= 4 is 40.9 Å². The quantitative estimate of drug-likeness (QED) is 0.447. The maximum Gasteiger partial charge on any atom is 0.316 e. The SMILES string of the molecule is CC(=O)c1c(C)[nH]c(C(=O)COC(=O)CSc2ccc(Cl)cc2)c1C. The first-order valence-electron chi connectivity index (χ1n) is 7.57. The molecule has 2 rings (SSSR count). The molecule has 5 nitrogen and oxygen atoms in total. The fourth-order valence-corrected chi connectivity index (χ4v) is 3.31. The van der Waals surface area contributed by atoms with E-state index >= 15 is 0 Å². The lowest BCUT2D eigenvalue weighted by atomic mass is 10.1. The number of ether oxygens (including phenoxy) is 1. The molecule has 0 radical (unpaired) electrons. The number of hydrogen-bond acceptors (Lipinski definition) is 5. The average Bonchev–Trinajstić information content (AvgIpc) is 2.86. The molecule has 1 aromatic heterocycles. The van der Waals surface area contributed by atoms with Crippen LogP contribution in [0.2, 0.25) is 5.02 Å². The summed E-state index contributed by atoms with van der Waals surface area (Å²) < 4.78 is 5.03. The van der Waals surface area contributed by atoms with Gasteiger partial charge in [0.1, 0.15) is 0 Å². The Hall–Kier alpha value is -2.05. The predicted molar refractivity (Wildman–Crippen MR) is 97.7 cm³/mol. The third kappa shape index (κ3) is 4.96. The number of aromatic nitrogens is 1. The van der Waals surface area contributed by atoms with E-state index in [1.54, 1.807) is 38.1 Å². The summed E-state index contributed by atoms with van der Waals surface area (Å²) in [6, 6.07) is 7.09. The van der Waals surface area contributed by atoms with Crippen LogP contribution in [0, 0.1) is 13.8 Å². The summed E-state index contributed by atoms with van der Waals surface area (Å²) in [6.07, 6.45) is 0. The molecule has 1 heterocycles. The second-order valence-corrected chi connectivity index (χ2v) is 6.99. The molecule has 0 atom stereocenters. The smallest absolute Gasteiger partial charge is 0.316 e. The molecule has 0 amide bonds. The Morgan fingerprint density at radius 3 is 2.36 bits per heavy atom. The van der Waals surface area contributed by atoms with E-state index in [4.69, 9.17) is 16.3 Å². The largest absolute Gasteiger partial charge is 0.457 e. The molecule has 7 heteroatoms. The number of nitrogens with one attached hydrogen (secondary N) is 1. The number of ketones is 2. The third-order valence-corrected chi connectivity index (χ3v) is 4.84. The molecule has 0 saturated carbocycles. The first-order chi connectivity index (χ1) is 11.8. The summed E-state index contributed by atoms with van der Waals surface area (Å²) in [6.45, 7) is 4.52. The van der Waals surface area contributed by atoms with Gasteiger partial charge >= 0.3 is 5.97 Å². The van der Waals surface area contributed by atoms with Gasteiger partial charge in [-0.05, 0) is 50.6 Å². The van der Waals surface area contributed by atoms with Gasteiger partial charge in [-0.3, -0.25) is 14.4 Å². The Morgan fingerprint density at radius 1 is 1.16 bits per heavy atom. The monoisotopic (exact) mass is 379 g/mol. The van der Waals surface area contributed by atoms with E-state index in [0.717, 1.165) is 4.90 Å². The van der Waals surface area contributed by atoms with Crippen molar-refractivity contribution < 1.29 is 19.1 Å². The Bertz CT molecular complexity index is 811. The van der Waals surface area contributed by atoms with Crippen LogP contribution in [-0.2, 0) is 9.53 Å². The number of H-pyrrole nitrogens is 1. The minimum atomic E-state index is -0.485. The summed E-state index contributed by atoms with van der Waals surface area (Å²) in [5, 5.41) is 0.624. The van der Waals surface area contributed by atoms with Crippen LogP contribution in [0.5, 0.6) is 0 Å². The molecule has 1 aromatic carbocycles. The fourth-order valence-electron chi connectivity index (χ4n) is 2.49. The van der Waals surface area contributed by atoms with Gasteiger partial charge in [0.25, 0.3) is 0 Å². The topological polar surface area (TPSA) is 76.2 Å². The van der Waals surface area contributed by atoms with Crippen LogP contribution in [0.4, 0.5) is 0 Å². The van der Waals surface area contributed by atoms with E-state index in [1.807, 2.05) is 0 Å². The van der Waals surface area contributed by atoms with Crippen molar-refractivity contribution in [2.75, 3.05) is 12.4 Å².